The molecule has 0 N–H and O–H groups in total. The minimum absolute atomic E-state index is 0.262. The molecule has 6 unspecified atom stereocenters. The zero-order valence-electron chi connectivity index (χ0n) is 19.9. The van der Waals surface area contributed by atoms with E-state index in [2.05, 4.69) is 13.8 Å². The summed E-state index contributed by atoms with van der Waals surface area (Å²) in [5.74, 6) is 4.98. The van der Waals surface area contributed by atoms with Gasteiger partial charge in [0.25, 0.3) is 0 Å². The molecule has 1 heterocycles. The van der Waals surface area contributed by atoms with Crippen LogP contribution in [0.25, 0.3) is 0 Å². The first-order valence-corrected chi connectivity index (χ1v) is 13.7. The van der Waals surface area contributed by atoms with Gasteiger partial charge < -0.3 is 4.74 Å². The maximum atomic E-state index is 13.3. The first-order chi connectivity index (χ1) is 15.0. The van der Waals surface area contributed by atoms with Crippen LogP contribution < -0.4 is 0 Å². The molecule has 0 bridgehead atoms. The highest BCUT2D eigenvalue weighted by atomic mass is 16.5. The Kier molecular flexibility index (Phi) is 6.62. The topological polar surface area (TPSA) is 43.4 Å². The molecule has 5 aliphatic rings. The molecule has 4 saturated carbocycles. The van der Waals surface area contributed by atoms with Crippen LogP contribution in [0.3, 0.4) is 0 Å². The van der Waals surface area contributed by atoms with E-state index in [4.69, 9.17) is 4.74 Å². The van der Waals surface area contributed by atoms with Crippen LogP contribution in [0.1, 0.15) is 104 Å². The van der Waals surface area contributed by atoms with Crippen molar-refractivity contribution in [2.24, 2.45) is 47.3 Å². The van der Waals surface area contributed by atoms with E-state index in [0.717, 1.165) is 76.0 Å². The zero-order chi connectivity index (χ0) is 21.5. The Morgan fingerprint density at radius 3 is 1.26 bits per heavy atom. The zero-order valence-corrected chi connectivity index (χ0v) is 19.9. The van der Waals surface area contributed by atoms with Gasteiger partial charge in [-0.15, -0.1) is 0 Å². The molecule has 174 valence electrons. The molecular formula is C28H44O3. The number of Topliss-reactive ketones (excluding diaryl/α,β-unsaturated/α-hetero) is 2. The standard InChI is InChI=1S/C28H44O3/c1-17-3-7-19(8-4-17)27(29)21-11-13-25-23(15-21)24-16-22(12-14-26(24)31-25)28(30)20-9-5-18(2)6-10-20/h17-26H,3-16H2,1-2H3. The molecule has 3 nitrogen and oxygen atoms in total. The van der Waals surface area contributed by atoms with Gasteiger partial charge in [0.1, 0.15) is 11.6 Å². The van der Waals surface area contributed by atoms with Gasteiger partial charge >= 0.3 is 0 Å². The Morgan fingerprint density at radius 2 is 0.871 bits per heavy atom. The summed E-state index contributed by atoms with van der Waals surface area (Å²) in [5, 5.41) is 0. The van der Waals surface area contributed by atoms with Crippen LogP contribution in [-0.4, -0.2) is 23.8 Å². The molecule has 0 aromatic heterocycles. The van der Waals surface area contributed by atoms with Crippen LogP contribution in [0.4, 0.5) is 0 Å². The summed E-state index contributed by atoms with van der Waals surface area (Å²) in [6.07, 6.45) is 16.4. The predicted molar refractivity (Wildman–Crippen MR) is 123 cm³/mol. The lowest BCUT2D eigenvalue weighted by atomic mass is 9.64. The molecule has 0 aromatic rings. The summed E-state index contributed by atoms with van der Waals surface area (Å²) >= 11 is 0. The first kappa shape index (κ1) is 22.1. The Labute approximate surface area is 189 Å². The molecule has 6 atom stereocenters. The second kappa shape index (κ2) is 9.27. The molecule has 4 aliphatic carbocycles. The van der Waals surface area contributed by atoms with Crippen molar-refractivity contribution in [3.63, 3.8) is 0 Å². The number of hydrogen-bond acceptors (Lipinski definition) is 3. The fourth-order valence-corrected chi connectivity index (χ4v) is 8.09. The van der Waals surface area contributed by atoms with Crippen molar-refractivity contribution in [1.82, 2.24) is 0 Å². The van der Waals surface area contributed by atoms with E-state index >= 15 is 0 Å². The van der Waals surface area contributed by atoms with Crippen molar-refractivity contribution in [3.8, 4) is 0 Å². The molecule has 1 saturated heterocycles. The average Bonchev–Trinajstić information content (AvgIpc) is 3.16. The molecule has 5 fully saturated rings. The van der Waals surface area contributed by atoms with Crippen molar-refractivity contribution < 1.29 is 14.3 Å². The van der Waals surface area contributed by atoms with Crippen LogP contribution in [-0.2, 0) is 14.3 Å². The van der Waals surface area contributed by atoms with Gasteiger partial charge in [0, 0.05) is 23.7 Å². The van der Waals surface area contributed by atoms with Crippen LogP contribution in [0, 0.1) is 47.3 Å². The van der Waals surface area contributed by atoms with E-state index in [9.17, 15) is 9.59 Å². The van der Waals surface area contributed by atoms with E-state index in [0.29, 0.717) is 47.4 Å². The lowest BCUT2D eigenvalue weighted by molar-refractivity contribution is -0.131. The van der Waals surface area contributed by atoms with Gasteiger partial charge in [0.15, 0.2) is 0 Å². The SMILES string of the molecule is CC1CCC(C(=O)C2CCC3OC4CCC(C(=O)C5CCC(C)CC5)CC4C3C2)CC1. The average molecular weight is 429 g/mol. The number of carbonyl (C=O) groups is 2. The van der Waals surface area contributed by atoms with Gasteiger partial charge in [-0.3, -0.25) is 9.59 Å². The molecule has 31 heavy (non-hydrogen) atoms. The Hall–Kier alpha value is -0.700. The fraction of sp³-hybridized carbons (Fsp3) is 0.929. The number of ether oxygens (including phenoxy) is 1. The molecule has 0 radical (unpaired) electrons. The maximum Gasteiger partial charge on any atom is 0.139 e. The summed E-state index contributed by atoms with van der Waals surface area (Å²) in [6, 6.07) is 0. The molecule has 5 rings (SSSR count). The summed E-state index contributed by atoms with van der Waals surface area (Å²) in [6.45, 7) is 4.66. The van der Waals surface area contributed by atoms with Crippen molar-refractivity contribution in [2.45, 2.75) is 116 Å². The highest BCUT2D eigenvalue weighted by Gasteiger charge is 2.51. The van der Waals surface area contributed by atoms with Crippen LogP contribution in [0.15, 0.2) is 0 Å². The number of fused-ring (bicyclic) bond motifs is 3. The highest BCUT2D eigenvalue weighted by Crippen LogP contribution is 2.51. The highest BCUT2D eigenvalue weighted by molar-refractivity contribution is 5.84. The molecule has 1 aliphatic heterocycles. The molecule has 0 amide bonds. The third-order valence-corrected chi connectivity index (χ3v) is 10.2. The van der Waals surface area contributed by atoms with Crippen molar-refractivity contribution in [2.75, 3.05) is 0 Å². The normalized spacial score (nSPS) is 47.9. The van der Waals surface area contributed by atoms with Crippen molar-refractivity contribution in [3.05, 3.63) is 0 Å². The van der Waals surface area contributed by atoms with Crippen molar-refractivity contribution in [1.29, 1.82) is 0 Å². The molecule has 0 aromatic carbocycles. The minimum atomic E-state index is 0.262. The summed E-state index contributed by atoms with van der Waals surface area (Å²) in [7, 11) is 0. The van der Waals surface area contributed by atoms with E-state index in [1.807, 2.05) is 0 Å². The van der Waals surface area contributed by atoms with Crippen LogP contribution in [0.2, 0.25) is 0 Å². The second-order valence-corrected chi connectivity index (χ2v) is 12.3. The van der Waals surface area contributed by atoms with Gasteiger partial charge in [-0.05, 0) is 87.9 Å². The van der Waals surface area contributed by atoms with Gasteiger partial charge in [0.2, 0.25) is 0 Å². The summed E-state index contributed by atoms with van der Waals surface area (Å²) < 4.78 is 6.52. The monoisotopic (exact) mass is 428 g/mol. The summed E-state index contributed by atoms with van der Waals surface area (Å²) in [5.41, 5.74) is 0. The molecule has 3 heteroatoms. The van der Waals surface area contributed by atoms with Crippen LogP contribution in [0.5, 0.6) is 0 Å². The van der Waals surface area contributed by atoms with E-state index < -0.39 is 0 Å². The number of carbonyl (C=O) groups excluding carboxylic acids is 2. The van der Waals surface area contributed by atoms with E-state index in [1.165, 1.54) is 25.7 Å². The Balaban J connectivity index is 1.20. The lowest BCUT2D eigenvalue weighted by Gasteiger charge is -2.38. The predicted octanol–water partition coefficient (Wildman–Crippen LogP) is 6.38. The van der Waals surface area contributed by atoms with Gasteiger partial charge in [0.05, 0.1) is 12.2 Å². The quantitative estimate of drug-likeness (QED) is 0.522. The van der Waals surface area contributed by atoms with E-state index in [-0.39, 0.29) is 11.8 Å². The Morgan fingerprint density at radius 1 is 0.516 bits per heavy atom. The van der Waals surface area contributed by atoms with Crippen molar-refractivity contribution >= 4 is 11.6 Å². The second-order valence-electron chi connectivity index (χ2n) is 12.3. The summed E-state index contributed by atoms with van der Waals surface area (Å²) in [4.78, 5) is 26.6. The van der Waals surface area contributed by atoms with Gasteiger partial charge in [-0.1, -0.05) is 39.5 Å². The number of ketones is 2. The largest absolute Gasteiger partial charge is 0.374 e. The van der Waals surface area contributed by atoms with Crippen LogP contribution >= 0.6 is 0 Å². The minimum Gasteiger partial charge on any atom is -0.374 e. The third kappa shape index (κ3) is 4.55. The number of hydrogen-bond donors (Lipinski definition) is 0. The first-order valence-electron chi connectivity index (χ1n) is 13.7. The number of rotatable bonds is 4. The van der Waals surface area contributed by atoms with Gasteiger partial charge in [-0.2, -0.15) is 0 Å². The fourth-order valence-electron chi connectivity index (χ4n) is 8.09. The lowest BCUT2D eigenvalue weighted by Crippen LogP contribution is -2.39. The van der Waals surface area contributed by atoms with E-state index in [1.54, 1.807) is 0 Å². The molecular weight excluding hydrogens is 384 g/mol. The smallest absolute Gasteiger partial charge is 0.139 e. The maximum absolute atomic E-state index is 13.3. The van der Waals surface area contributed by atoms with Gasteiger partial charge in [-0.25, -0.2) is 0 Å². The third-order valence-electron chi connectivity index (χ3n) is 10.2. The molecule has 0 spiro atoms. The Bertz CT molecular complexity index is 599.